The van der Waals surface area contributed by atoms with Crippen LogP contribution in [0.15, 0.2) is 72.8 Å². The highest BCUT2D eigenvalue weighted by atomic mass is 16.5. The number of phenols is 2. The Labute approximate surface area is 133 Å². The first-order chi connectivity index (χ1) is 11.1. The summed E-state index contributed by atoms with van der Waals surface area (Å²) in [5.41, 5.74) is 0.832. The number of para-hydroxylation sites is 1. The molecule has 0 unspecified atom stereocenters. The molecule has 0 saturated carbocycles. The van der Waals surface area contributed by atoms with Gasteiger partial charge >= 0.3 is 0 Å². The van der Waals surface area contributed by atoms with Crippen molar-refractivity contribution >= 4 is 5.78 Å². The molecule has 0 aliphatic rings. The zero-order chi connectivity index (χ0) is 16.2. The number of carbonyl (C=O) groups is 1. The summed E-state index contributed by atoms with van der Waals surface area (Å²) >= 11 is 0. The van der Waals surface area contributed by atoms with Crippen LogP contribution in [-0.4, -0.2) is 16.0 Å². The Hall–Kier alpha value is -3.27. The van der Waals surface area contributed by atoms with E-state index in [2.05, 4.69) is 0 Å². The van der Waals surface area contributed by atoms with Gasteiger partial charge in [0.2, 0.25) is 0 Å². The normalized spacial score (nSPS) is 10.3. The number of carbonyl (C=O) groups excluding carboxylic acids is 1. The number of ether oxygens (including phenoxy) is 1. The summed E-state index contributed by atoms with van der Waals surface area (Å²) in [7, 11) is 0. The van der Waals surface area contributed by atoms with Crippen molar-refractivity contribution in [1.29, 1.82) is 0 Å². The lowest BCUT2D eigenvalue weighted by atomic mass is 10.0. The van der Waals surface area contributed by atoms with Crippen molar-refractivity contribution < 1.29 is 19.7 Å². The molecular weight excluding hydrogens is 292 g/mol. The van der Waals surface area contributed by atoms with Crippen molar-refractivity contribution in [2.75, 3.05) is 0 Å². The average Bonchev–Trinajstić information content (AvgIpc) is 2.58. The Morgan fingerprint density at radius 1 is 0.783 bits per heavy atom. The van der Waals surface area contributed by atoms with Gasteiger partial charge in [0.25, 0.3) is 0 Å². The third-order valence-electron chi connectivity index (χ3n) is 3.32. The molecule has 0 saturated heterocycles. The molecule has 4 heteroatoms. The Morgan fingerprint density at radius 2 is 1.43 bits per heavy atom. The summed E-state index contributed by atoms with van der Waals surface area (Å²) in [4.78, 5) is 12.5. The van der Waals surface area contributed by atoms with Crippen LogP contribution in [-0.2, 0) is 0 Å². The maximum Gasteiger partial charge on any atom is 0.193 e. The van der Waals surface area contributed by atoms with E-state index in [1.165, 1.54) is 30.3 Å². The summed E-state index contributed by atoms with van der Waals surface area (Å²) < 4.78 is 5.61. The molecule has 0 spiro atoms. The fourth-order valence-corrected chi connectivity index (χ4v) is 2.13. The van der Waals surface area contributed by atoms with Crippen molar-refractivity contribution in [2.24, 2.45) is 0 Å². The molecule has 0 aliphatic heterocycles. The van der Waals surface area contributed by atoms with Gasteiger partial charge in [0.1, 0.15) is 11.5 Å². The maximum absolute atomic E-state index is 12.5. The van der Waals surface area contributed by atoms with Gasteiger partial charge in [0.15, 0.2) is 17.3 Å². The van der Waals surface area contributed by atoms with E-state index in [0.29, 0.717) is 16.9 Å². The molecule has 23 heavy (non-hydrogen) atoms. The summed E-state index contributed by atoms with van der Waals surface area (Å²) in [5.74, 6) is 0.609. The van der Waals surface area contributed by atoms with Crippen LogP contribution in [0.4, 0.5) is 0 Å². The fraction of sp³-hybridized carbons (Fsp3) is 0. The number of benzene rings is 3. The SMILES string of the molecule is O=C(c1ccc(O)cc1)c1ccc(O)c(Oc2ccccc2)c1. The third kappa shape index (κ3) is 3.32. The zero-order valence-electron chi connectivity index (χ0n) is 12.1. The lowest BCUT2D eigenvalue weighted by Crippen LogP contribution is -2.01. The van der Waals surface area contributed by atoms with E-state index in [0.717, 1.165) is 0 Å². The highest BCUT2D eigenvalue weighted by Crippen LogP contribution is 2.32. The summed E-state index contributed by atoms with van der Waals surface area (Å²) in [5, 5.41) is 19.2. The third-order valence-corrected chi connectivity index (χ3v) is 3.32. The molecule has 0 atom stereocenters. The number of ketones is 1. The average molecular weight is 306 g/mol. The minimum absolute atomic E-state index is 0.0453. The monoisotopic (exact) mass is 306 g/mol. The van der Waals surface area contributed by atoms with E-state index < -0.39 is 0 Å². The van der Waals surface area contributed by atoms with Crippen molar-refractivity contribution in [3.05, 3.63) is 83.9 Å². The summed E-state index contributed by atoms with van der Waals surface area (Å²) in [6, 6.07) is 19.5. The van der Waals surface area contributed by atoms with Gasteiger partial charge in [-0.1, -0.05) is 18.2 Å². The van der Waals surface area contributed by atoms with E-state index >= 15 is 0 Å². The first-order valence-electron chi connectivity index (χ1n) is 7.03. The largest absolute Gasteiger partial charge is 0.508 e. The molecule has 0 amide bonds. The Bertz CT molecular complexity index is 824. The molecule has 2 N–H and O–H groups in total. The smallest absolute Gasteiger partial charge is 0.193 e. The molecule has 0 aliphatic carbocycles. The first-order valence-corrected chi connectivity index (χ1v) is 7.03. The number of aromatic hydroxyl groups is 2. The van der Waals surface area contributed by atoms with Gasteiger partial charge in [-0.2, -0.15) is 0 Å². The lowest BCUT2D eigenvalue weighted by Gasteiger charge is -2.09. The van der Waals surface area contributed by atoms with E-state index in [1.54, 1.807) is 24.3 Å². The van der Waals surface area contributed by atoms with E-state index in [1.807, 2.05) is 18.2 Å². The van der Waals surface area contributed by atoms with E-state index in [4.69, 9.17) is 4.74 Å². The number of hydrogen-bond acceptors (Lipinski definition) is 4. The van der Waals surface area contributed by atoms with Gasteiger partial charge in [-0.05, 0) is 54.6 Å². The van der Waals surface area contributed by atoms with Crippen LogP contribution in [0.5, 0.6) is 23.0 Å². The molecule has 0 radical (unpaired) electrons. The van der Waals surface area contributed by atoms with E-state index in [9.17, 15) is 15.0 Å². The van der Waals surface area contributed by atoms with Gasteiger partial charge in [-0.25, -0.2) is 0 Å². The number of phenolic OH excluding ortho intramolecular Hbond substituents is 2. The Kier molecular flexibility index (Phi) is 3.97. The van der Waals surface area contributed by atoms with Crippen LogP contribution >= 0.6 is 0 Å². The number of rotatable bonds is 4. The van der Waals surface area contributed by atoms with Gasteiger partial charge < -0.3 is 14.9 Å². The molecule has 0 aromatic heterocycles. The lowest BCUT2D eigenvalue weighted by molar-refractivity contribution is 0.103. The van der Waals surface area contributed by atoms with Crippen LogP contribution < -0.4 is 4.74 Å². The molecule has 114 valence electrons. The van der Waals surface area contributed by atoms with Crippen LogP contribution in [0.25, 0.3) is 0 Å². The highest BCUT2D eigenvalue weighted by molar-refractivity contribution is 6.09. The molecule has 3 rings (SSSR count). The van der Waals surface area contributed by atoms with Crippen LogP contribution in [0.1, 0.15) is 15.9 Å². The summed E-state index contributed by atoms with van der Waals surface area (Å²) in [6.45, 7) is 0. The first kappa shape index (κ1) is 14.7. The predicted molar refractivity (Wildman–Crippen MR) is 86.2 cm³/mol. The Morgan fingerprint density at radius 3 is 2.13 bits per heavy atom. The van der Waals surface area contributed by atoms with Crippen LogP contribution in [0.3, 0.4) is 0 Å². The van der Waals surface area contributed by atoms with Crippen LogP contribution in [0, 0.1) is 0 Å². The van der Waals surface area contributed by atoms with E-state index in [-0.39, 0.29) is 23.0 Å². The maximum atomic E-state index is 12.5. The van der Waals surface area contributed by atoms with Gasteiger partial charge in [-0.15, -0.1) is 0 Å². The highest BCUT2D eigenvalue weighted by Gasteiger charge is 2.13. The second kappa shape index (κ2) is 6.23. The second-order valence-corrected chi connectivity index (χ2v) is 4.97. The minimum Gasteiger partial charge on any atom is -0.508 e. The minimum atomic E-state index is -0.220. The molecule has 0 bridgehead atoms. The van der Waals surface area contributed by atoms with Crippen molar-refractivity contribution in [2.45, 2.75) is 0 Å². The van der Waals surface area contributed by atoms with Crippen molar-refractivity contribution in [1.82, 2.24) is 0 Å². The van der Waals surface area contributed by atoms with Crippen LogP contribution in [0.2, 0.25) is 0 Å². The fourth-order valence-electron chi connectivity index (χ4n) is 2.13. The van der Waals surface area contributed by atoms with Gasteiger partial charge in [0.05, 0.1) is 0 Å². The van der Waals surface area contributed by atoms with Gasteiger partial charge in [0, 0.05) is 11.1 Å². The molecule has 3 aromatic rings. The molecule has 3 aromatic carbocycles. The quantitative estimate of drug-likeness (QED) is 0.711. The standard InChI is InChI=1S/C19H14O4/c20-15-9-6-13(7-10-15)19(22)14-8-11-17(21)18(12-14)23-16-4-2-1-3-5-16/h1-12,20-21H. The zero-order valence-corrected chi connectivity index (χ0v) is 12.1. The van der Waals surface area contributed by atoms with Crippen molar-refractivity contribution in [3.63, 3.8) is 0 Å². The van der Waals surface area contributed by atoms with Gasteiger partial charge in [-0.3, -0.25) is 4.79 Å². The molecule has 0 heterocycles. The Balaban J connectivity index is 1.90. The molecule has 4 nitrogen and oxygen atoms in total. The molecular formula is C19H14O4. The second-order valence-electron chi connectivity index (χ2n) is 4.97. The van der Waals surface area contributed by atoms with Crippen molar-refractivity contribution in [3.8, 4) is 23.0 Å². The number of hydrogen-bond donors (Lipinski definition) is 2. The topological polar surface area (TPSA) is 66.8 Å². The summed E-state index contributed by atoms with van der Waals surface area (Å²) in [6.07, 6.45) is 0. The molecule has 0 fully saturated rings. The predicted octanol–water partition coefficient (Wildman–Crippen LogP) is 4.12.